The number of phenolic OH excluding ortho intramolecular Hbond substituents is 1. The van der Waals surface area contributed by atoms with Crippen molar-refractivity contribution in [3.05, 3.63) is 27.8 Å². The molecule has 1 aromatic rings. The van der Waals surface area contributed by atoms with Crippen molar-refractivity contribution in [2.75, 3.05) is 7.11 Å². The molecular formula is C14H17N3O4. The molecule has 2 rings (SSSR count). The highest BCUT2D eigenvalue weighted by molar-refractivity contribution is 5.58. The molecule has 0 aromatic heterocycles. The summed E-state index contributed by atoms with van der Waals surface area (Å²) < 4.78 is 4.95. The van der Waals surface area contributed by atoms with E-state index in [9.17, 15) is 20.5 Å². The van der Waals surface area contributed by atoms with Crippen molar-refractivity contribution in [2.24, 2.45) is 0 Å². The molecule has 0 radical (unpaired) electrons. The molecule has 7 nitrogen and oxygen atoms in total. The lowest BCUT2D eigenvalue weighted by molar-refractivity contribution is -0.386. The van der Waals surface area contributed by atoms with E-state index in [0.29, 0.717) is 5.56 Å². The van der Waals surface area contributed by atoms with Gasteiger partial charge in [-0.05, 0) is 24.5 Å². The number of hydrogen-bond donors (Lipinski definition) is 2. The van der Waals surface area contributed by atoms with Crippen LogP contribution in [0.15, 0.2) is 12.1 Å². The topological polar surface area (TPSA) is 108 Å². The third-order valence-electron chi connectivity index (χ3n) is 3.71. The Kier molecular flexibility index (Phi) is 4.60. The number of nitro groups is 1. The highest BCUT2D eigenvalue weighted by Crippen LogP contribution is 2.38. The first-order valence-electron chi connectivity index (χ1n) is 6.77. The number of nitriles is 1. The molecule has 1 aliphatic rings. The smallest absolute Gasteiger partial charge is 0.315 e. The van der Waals surface area contributed by atoms with Crippen LogP contribution in [-0.2, 0) is 0 Å². The van der Waals surface area contributed by atoms with Crippen LogP contribution in [0.2, 0.25) is 0 Å². The average Bonchev–Trinajstić information content (AvgIpc) is 2.98. The van der Waals surface area contributed by atoms with E-state index in [1.165, 1.54) is 19.2 Å². The number of ether oxygens (including phenoxy) is 1. The van der Waals surface area contributed by atoms with Crippen LogP contribution in [0.25, 0.3) is 0 Å². The summed E-state index contributed by atoms with van der Waals surface area (Å²) in [6.07, 6.45) is 4.23. The molecule has 0 amide bonds. The summed E-state index contributed by atoms with van der Waals surface area (Å²) in [6.45, 7) is 0. The number of nitrogens with one attached hydrogen (secondary N) is 1. The van der Waals surface area contributed by atoms with E-state index in [4.69, 9.17) is 4.74 Å². The van der Waals surface area contributed by atoms with Crippen molar-refractivity contribution in [3.63, 3.8) is 0 Å². The van der Waals surface area contributed by atoms with E-state index in [0.717, 1.165) is 25.7 Å². The molecule has 0 bridgehead atoms. The van der Waals surface area contributed by atoms with Gasteiger partial charge in [-0.2, -0.15) is 5.26 Å². The minimum absolute atomic E-state index is 0.00679. The minimum atomic E-state index is -0.689. The summed E-state index contributed by atoms with van der Waals surface area (Å²) in [5.41, 5.74) is -0.0384. The molecule has 0 spiro atoms. The van der Waals surface area contributed by atoms with Gasteiger partial charge in [-0.15, -0.1) is 0 Å². The Hall–Kier alpha value is -2.33. The minimum Gasteiger partial charge on any atom is -0.500 e. The zero-order chi connectivity index (χ0) is 15.4. The highest BCUT2D eigenvalue weighted by atomic mass is 16.6. The van der Waals surface area contributed by atoms with Gasteiger partial charge in [-0.3, -0.25) is 15.4 Å². The maximum atomic E-state index is 11.0. The van der Waals surface area contributed by atoms with Crippen LogP contribution < -0.4 is 10.1 Å². The van der Waals surface area contributed by atoms with Crippen LogP contribution in [0.1, 0.15) is 37.3 Å². The molecule has 1 atom stereocenters. The predicted octanol–water partition coefficient (Wildman–Crippen LogP) is 2.41. The first-order chi connectivity index (χ1) is 10.1. The zero-order valence-electron chi connectivity index (χ0n) is 11.7. The molecule has 7 heteroatoms. The van der Waals surface area contributed by atoms with Crippen molar-refractivity contribution in [3.8, 4) is 17.6 Å². The Morgan fingerprint density at radius 3 is 2.71 bits per heavy atom. The molecule has 0 heterocycles. The van der Waals surface area contributed by atoms with Gasteiger partial charge in [0.05, 0.1) is 18.1 Å². The number of phenols is 1. The van der Waals surface area contributed by atoms with Gasteiger partial charge in [0.15, 0.2) is 5.75 Å². The third-order valence-corrected chi connectivity index (χ3v) is 3.71. The zero-order valence-corrected chi connectivity index (χ0v) is 11.7. The van der Waals surface area contributed by atoms with Crippen molar-refractivity contribution in [1.29, 1.82) is 5.26 Å². The first kappa shape index (κ1) is 15.1. The normalized spacial score (nSPS) is 16.4. The number of nitrogens with zero attached hydrogens (tertiary/aromatic N) is 2. The van der Waals surface area contributed by atoms with E-state index >= 15 is 0 Å². The van der Waals surface area contributed by atoms with Crippen molar-refractivity contribution < 1.29 is 14.8 Å². The monoisotopic (exact) mass is 291 g/mol. The lowest BCUT2D eigenvalue weighted by atomic mass is 10.0. The number of hydrogen-bond acceptors (Lipinski definition) is 6. The van der Waals surface area contributed by atoms with Gasteiger partial charge in [-0.1, -0.05) is 12.8 Å². The SMILES string of the molecule is COc1cc(C(C#N)NC2CCCC2)cc([N+](=O)[O-])c1O. The number of rotatable bonds is 5. The fraction of sp³-hybridized carbons (Fsp3) is 0.500. The summed E-state index contributed by atoms with van der Waals surface area (Å²) in [5.74, 6) is -0.531. The van der Waals surface area contributed by atoms with E-state index in [2.05, 4.69) is 11.4 Å². The van der Waals surface area contributed by atoms with Gasteiger partial charge in [-0.25, -0.2) is 0 Å². The molecule has 1 aromatic carbocycles. The summed E-state index contributed by atoms with van der Waals surface area (Å²) in [7, 11) is 1.31. The Balaban J connectivity index is 2.34. The number of nitro benzene ring substituents is 1. The fourth-order valence-corrected chi connectivity index (χ4v) is 2.61. The summed E-state index contributed by atoms with van der Waals surface area (Å²) in [6, 6.07) is 4.36. The quantitative estimate of drug-likeness (QED) is 0.637. The second-order valence-corrected chi connectivity index (χ2v) is 5.06. The maximum absolute atomic E-state index is 11.0. The number of benzene rings is 1. The first-order valence-corrected chi connectivity index (χ1v) is 6.77. The Morgan fingerprint density at radius 1 is 1.52 bits per heavy atom. The van der Waals surface area contributed by atoms with Crippen molar-refractivity contribution in [2.45, 2.75) is 37.8 Å². The van der Waals surface area contributed by atoms with Gasteiger partial charge < -0.3 is 9.84 Å². The molecule has 1 saturated carbocycles. The molecule has 2 N–H and O–H groups in total. The molecule has 1 aliphatic carbocycles. The van der Waals surface area contributed by atoms with E-state index in [-0.39, 0.29) is 11.8 Å². The van der Waals surface area contributed by atoms with E-state index < -0.39 is 22.4 Å². The highest BCUT2D eigenvalue weighted by Gasteiger charge is 2.25. The van der Waals surface area contributed by atoms with Crippen LogP contribution in [-0.4, -0.2) is 23.2 Å². The predicted molar refractivity (Wildman–Crippen MR) is 75.1 cm³/mol. The second-order valence-electron chi connectivity index (χ2n) is 5.06. The van der Waals surface area contributed by atoms with Crippen LogP contribution in [0.5, 0.6) is 11.5 Å². The molecule has 1 fully saturated rings. The van der Waals surface area contributed by atoms with Gasteiger partial charge in [0.25, 0.3) is 0 Å². The fourth-order valence-electron chi connectivity index (χ4n) is 2.61. The summed E-state index contributed by atoms with van der Waals surface area (Å²) in [4.78, 5) is 10.3. The van der Waals surface area contributed by atoms with E-state index in [1.54, 1.807) is 0 Å². The number of aromatic hydroxyl groups is 1. The molecule has 112 valence electrons. The Bertz CT molecular complexity index is 576. The Morgan fingerprint density at radius 2 is 2.19 bits per heavy atom. The molecular weight excluding hydrogens is 274 g/mol. The lowest BCUT2D eigenvalue weighted by Crippen LogP contribution is -2.29. The van der Waals surface area contributed by atoms with Crippen LogP contribution in [0.4, 0.5) is 5.69 Å². The average molecular weight is 291 g/mol. The van der Waals surface area contributed by atoms with Crippen LogP contribution >= 0.6 is 0 Å². The second kappa shape index (κ2) is 6.41. The van der Waals surface area contributed by atoms with E-state index in [1.807, 2.05) is 0 Å². The van der Waals surface area contributed by atoms with Crippen molar-refractivity contribution >= 4 is 5.69 Å². The van der Waals surface area contributed by atoms with Gasteiger partial charge >= 0.3 is 5.69 Å². The Labute approximate surface area is 122 Å². The molecule has 1 unspecified atom stereocenters. The largest absolute Gasteiger partial charge is 0.500 e. The van der Waals surface area contributed by atoms with Gasteiger partial charge in [0.2, 0.25) is 5.75 Å². The van der Waals surface area contributed by atoms with Crippen LogP contribution in [0.3, 0.4) is 0 Å². The summed E-state index contributed by atoms with van der Waals surface area (Å²) >= 11 is 0. The standard InChI is InChI=1S/C14H17N3O4/c1-21-13-7-9(6-12(14(13)18)17(19)20)11(8-15)16-10-4-2-3-5-10/h6-7,10-11,16,18H,2-5H2,1H3. The molecule has 21 heavy (non-hydrogen) atoms. The number of methoxy groups -OCH3 is 1. The van der Waals surface area contributed by atoms with Gasteiger partial charge in [0.1, 0.15) is 6.04 Å². The molecule has 0 aliphatic heterocycles. The lowest BCUT2D eigenvalue weighted by Gasteiger charge is -2.18. The van der Waals surface area contributed by atoms with Crippen LogP contribution in [0, 0.1) is 21.4 Å². The summed E-state index contributed by atoms with van der Waals surface area (Å²) in [5, 5.41) is 33.3. The third kappa shape index (κ3) is 3.23. The molecule has 0 saturated heterocycles. The maximum Gasteiger partial charge on any atom is 0.315 e. The van der Waals surface area contributed by atoms with Gasteiger partial charge in [0, 0.05) is 12.1 Å². The van der Waals surface area contributed by atoms with Crippen molar-refractivity contribution in [1.82, 2.24) is 5.32 Å².